The number of carbonyl (C=O) groups is 2. The molecule has 0 fully saturated rings. The molecule has 1 heterocycles. The van der Waals surface area contributed by atoms with E-state index in [0.717, 1.165) is 0 Å². The second kappa shape index (κ2) is 5.82. The third kappa shape index (κ3) is 5.07. The van der Waals surface area contributed by atoms with Crippen LogP contribution in [0.5, 0.6) is 0 Å². The molecular weight excluding hydrogens is 242 g/mol. The van der Waals surface area contributed by atoms with Crippen LogP contribution in [0.3, 0.4) is 0 Å². The highest BCUT2D eigenvalue weighted by Crippen LogP contribution is 2.05. The zero-order valence-corrected chi connectivity index (χ0v) is 12.1. The summed E-state index contributed by atoms with van der Waals surface area (Å²) in [5.74, 6) is -0.492. The molecule has 5 heteroatoms. The Morgan fingerprint density at radius 3 is 2.37 bits per heavy atom. The van der Waals surface area contributed by atoms with Gasteiger partial charge in [0.2, 0.25) is 0 Å². The summed E-state index contributed by atoms with van der Waals surface area (Å²) in [6, 6.07) is 3.14. The minimum Gasteiger partial charge on any atom is -0.350 e. The van der Waals surface area contributed by atoms with Gasteiger partial charge in [-0.15, -0.1) is 0 Å². The number of hydrogen-bond donors (Lipinski definition) is 2. The van der Waals surface area contributed by atoms with E-state index >= 15 is 0 Å². The van der Waals surface area contributed by atoms with Crippen LogP contribution >= 0.6 is 0 Å². The van der Waals surface area contributed by atoms with Crippen molar-refractivity contribution in [3.05, 3.63) is 29.6 Å². The van der Waals surface area contributed by atoms with Crippen LogP contribution in [-0.4, -0.2) is 28.4 Å². The van der Waals surface area contributed by atoms with Gasteiger partial charge in [-0.05, 0) is 46.8 Å². The van der Waals surface area contributed by atoms with Gasteiger partial charge in [0, 0.05) is 23.3 Å². The molecule has 2 N–H and O–H groups in total. The van der Waals surface area contributed by atoms with Gasteiger partial charge in [-0.3, -0.25) is 14.6 Å². The Balaban J connectivity index is 2.88. The fourth-order valence-electron chi connectivity index (χ4n) is 1.45. The number of hydrogen-bond acceptors (Lipinski definition) is 3. The molecule has 0 bridgehead atoms. The predicted octanol–water partition coefficient (Wildman–Crippen LogP) is 1.75. The van der Waals surface area contributed by atoms with Crippen molar-refractivity contribution >= 4 is 11.8 Å². The lowest BCUT2D eigenvalue weighted by Gasteiger charge is -2.20. The number of pyridine rings is 1. The van der Waals surface area contributed by atoms with E-state index in [1.54, 1.807) is 6.07 Å². The van der Waals surface area contributed by atoms with Gasteiger partial charge in [0.25, 0.3) is 11.8 Å². The van der Waals surface area contributed by atoms with E-state index in [4.69, 9.17) is 0 Å². The first-order chi connectivity index (χ1) is 8.69. The highest BCUT2D eigenvalue weighted by molar-refractivity contribution is 5.98. The van der Waals surface area contributed by atoms with E-state index < -0.39 is 0 Å². The van der Waals surface area contributed by atoms with Crippen molar-refractivity contribution in [2.75, 3.05) is 0 Å². The largest absolute Gasteiger partial charge is 0.350 e. The summed E-state index contributed by atoms with van der Waals surface area (Å²) in [5.41, 5.74) is 0.337. The molecule has 2 amide bonds. The van der Waals surface area contributed by atoms with Gasteiger partial charge in [0.15, 0.2) is 0 Å². The molecule has 1 aromatic heterocycles. The molecule has 0 spiro atoms. The zero-order valence-electron chi connectivity index (χ0n) is 12.1. The van der Waals surface area contributed by atoms with Crippen LogP contribution in [0.2, 0.25) is 0 Å². The van der Waals surface area contributed by atoms with Gasteiger partial charge in [-0.25, -0.2) is 0 Å². The van der Waals surface area contributed by atoms with Gasteiger partial charge in [0.1, 0.15) is 5.69 Å². The molecule has 19 heavy (non-hydrogen) atoms. The van der Waals surface area contributed by atoms with Crippen LogP contribution in [-0.2, 0) is 0 Å². The molecule has 5 nitrogen and oxygen atoms in total. The molecule has 0 radical (unpaired) electrons. The minimum absolute atomic E-state index is 0.0486. The molecule has 104 valence electrons. The van der Waals surface area contributed by atoms with Gasteiger partial charge >= 0.3 is 0 Å². The lowest BCUT2D eigenvalue weighted by atomic mass is 10.1. The van der Waals surface area contributed by atoms with Crippen LogP contribution < -0.4 is 10.6 Å². The molecule has 0 saturated heterocycles. The quantitative estimate of drug-likeness (QED) is 0.872. The van der Waals surface area contributed by atoms with Crippen molar-refractivity contribution in [1.82, 2.24) is 15.6 Å². The molecule has 0 saturated carbocycles. The molecule has 0 aromatic carbocycles. The molecule has 0 aliphatic heterocycles. The average molecular weight is 263 g/mol. The van der Waals surface area contributed by atoms with Gasteiger partial charge in [0.05, 0.1) is 0 Å². The molecule has 0 atom stereocenters. The van der Waals surface area contributed by atoms with Crippen molar-refractivity contribution in [3.8, 4) is 0 Å². The van der Waals surface area contributed by atoms with Gasteiger partial charge in [-0.2, -0.15) is 0 Å². The summed E-state index contributed by atoms with van der Waals surface area (Å²) in [4.78, 5) is 27.8. The summed E-state index contributed by atoms with van der Waals surface area (Å²) in [6.45, 7) is 9.43. The lowest BCUT2D eigenvalue weighted by molar-refractivity contribution is 0.0914. The molecule has 1 aromatic rings. The topological polar surface area (TPSA) is 71.1 Å². The fourth-order valence-corrected chi connectivity index (χ4v) is 1.45. The standard InChI is InChI=1S/C14H21N3O2/c1-9(2)16-12(18)10-6-7-15-11(8-10)13(19)17-14(3,4)5/h6-9H,1-5H3,(H,16,18)(H,17,19). The van der Waals surface area contributed by atoms with E-state index in [-0.39, 0.29) is 29.1 Å². The van der Waals surface area contributed by atoms with Crippen LogP contribution in [0.4, 0.5) is 0 Å². The summed E-state index contributed by atoms with van der Waals surface area (Å²) >= 11 is 0. The summed E-state index contributed by atoms with van der Waals surface area (Å²) in [6.07, 6.45) is 1.47. The van der Waals surface area contributed by atoms with E-state index in [2.05, 4.69) is 15.6 Å². The van der Waals surface area contributed by atoms with Crippen LogP contribution in [0.15, 0.2) is 18.3 Å². The predicted molar refractivity (Wildman–Crippen MR) is 74.1 cm³/mol. The maximum absolute atomic E-state index is 12.0. The first kappa shape index (κ1) is 15.1. The number of nitrogens with one attached hydrogen (secondary N) is 2. The lowest BCUT2D eigenvalue weighted by Crippen LogP contribution is -2.41. The first-order valence-electron chi connectivity index (χ1n) is 6.28. The highest BCUT2D eigenvalue weighted by Gasteiger charge is 2.17. The minimum atomic E-state index is -0.338. The van der Waals surface area contributed by atoms with E-state index in [1.807, 2.05) is 34.6 Å². The van der Waals surface area contributed by atoms with E-state index in [1.165, 1.54) is 12.3 Å². The van der Waals surface area contributed by atoms with Crippen molar-refractivity contribution in [2.45, 2.75) is 46.2 Å². The normalized spacial score (nSPS) is 11.3. The third-order valence-electron chi connectivity index (χ3n) is 2.16. The molecule has 0 aliphatic rings. The SMILES string of the molecule is CC(C)NC(=O)c1ccnc(C(=O)NC(C)(C)C)c1. The van der Waals surface area contributed by atoms with E-state index in [9.17, 15) is 9.59 Å². The maximum Gasteiger partial charge on any atom is 0.270 e. The molecule has 1 rings (SSSR count). The fraction of sp³-hybridized carbons (Fsp3) is 0.500. The third-order valence-corrected chi connectivity index (χ3v) is 2.16. The number of aromatic nitrogens is 1. The van der Waals surface area contributed by atoms with E-state index in [0.29, 0.717) is 5.56 Å². The maximum atomic E-state index is 12.0. The Labute approximate surface area is 113 Å². The number of rotatable bonds is 3. The van der Waals surface area contributed by atoms with Crippen LogP contribution in [0, 0.1) is 0 Å². The van der Waals surface area contributed by atoms with Gasteiger partial charge in [-0.1, -0.05) is 0 Å². The first-order valence-corrected chi connectivity index (χ1v) is 6.28. The summed E-state index contributed by atoms with van der Waals surface area (Å²) in [7, 11) is 0. The molecule has 0 aliphatic carbocycles. The smallest absolute Gasteiger partial charge is 0.270 e. The summed E-state index contributed by atoms with van der Waals surface area (Å²) < 4.78 is 0. The Kier molecular flexibility index (Phi) is 4.64. The second-order valence-electron chi connectivity index (χ2n) is 5.76. The number of amides is 2. The number of carbonyl (C=O) groups excluding carboxylic acids is 2. The highest BCUT2D eigenvalue weighted by atomic mass is 16.2. The average Bonchev–Trinajstić information content (AvgIpc) is 2.26. The molecule has 0 unspecified atom stereocenters. The summed E-state index contributed by atoms with van der Waals surface area (Å²) in [5, 5.41) is 5.58. The van der Waals surface area contributed by atoms with Crippen molar-refractivity contribution in [1.29, 1.82) is 0 Å². The Hall–Kier alpha value is -1.91. The van der Waals surface area contributed by atoms with Crippen molar-refractivity contribution in [3.63, 3.8) is 0 Å². The second-order valence-corrected chi connectivity index (χ2v) is 5.76. The van der Waals surface area contributed by atoms with Crippen LogP contribution in [0.1, 0.15) is 55.5 Å². The van der Waals surface area contributed by atoms with Gasteiger partial charge < -0.3 is 10.6 Å². The zero-order chi connectivity index (χ0) is 14.6. The Morgan fingerprint density at radius 1 is 1.21 bits per heavy atom. The number of nitrogens with zero attached hydrogens (tertiary/aromatic N) is 1. The Morgan fingerprint density at radius 2 is 1.84 bits per heavy atom. The Bertz CT molecular complexity index is 476. The molecular formula is C14H21N3O2. The van der Waals surface area contributed by atoms with Crippen LogP contribution in [0.25, 0.3) is 0 Å². The van der Waals surface area contributed by atoms with Crippen molar-refractivity contribution < 1.29 is 9.59 Å². The monoisotopic (exact) mass is 263 g/mol. The van der Waals surface area contributed by atoms with Crippen molar-refractivity contribution in [2.24, 2.45) is 0 Å².